The lowest BCUT2D eigenvalue weighted by Gasteiger charge is -2.05. The highest BCUT2D eigenvalue weighted by Crippen LogP contribution is 2.23. The van der Waals surface area contributed by atoms with Gasteiger partial charge in [0.15, 0.2) is 0 Å². The monoisotopic (exact) mass is 347 g/mol. The average Bonchev–Trinajstić information content (AvgIpc) is 2.29. The molecule has 0 amide bonds. The van der Waals surface area contributed by atoms with Gasteiger partial charge >= 0.3 is 0 Å². The summed E-state index contributed by atoms with van der Waals surface area (Å²) in [5.74, 6) is 0. The Balaban J connectivity index is 0.00000162. The van der Waals surface area contributed by atoms with Crippen molar-refractivity contribution in [3.05, 3.63) is 53.0 Å². The average molecular weight is 349 g/mol. The molecule has 0 fully saturated rings. The number of benzene rings is 2. The Bertz CT molecular complexity index is 641. The second-order valence-corrected chi connectivity index (χ2v) is 6.40. The minimum Gasteiger partial charge on any atom is -0.399 e. The molecular weight excluding hydrogens is 338 g/mol. The minimum atomic E-state index is -3.48. The van der Waals surface area contributed by atoms with Gasteiger partial charge in [-0.25, -0.2) is 8.42 Å². The summed E-state index contributed by atoms with van der Waals surface area (Å²) in [5, 5.41) is 0. The number of hydrogen-bond acceptors (Lipinski definition) is 3. The molecule has 2 aromatic rings. The predicted molar refractivity (Wildman–Crippen MR) is 77.7 cm³/mol. The van der Waals surface area contributed by atoms with Crippen LogP contribution < -0.4 is 5.73 Å². The van der Waals surface area contributed by atoms with Gasteiger partial charge in [0, 0.05) is 10.2 Å². The first-order valence-electron chi connectivity index (χ1n) is 4.86. The lowest BCUT2D eigenvalue weighted by molar-refractivity contribution is 0.596. The van der Waals surface area contributed by atoms with Gasteiger partial charge in [-0.2, -0.15) is 0 Å². The van der Waals surface area contributed by atoms with Crippen LogP contribution in [0.5, 0.6) is 0 Å². The summed E-state index contributed by atoms with van der Waals surface area (Å²) in [6.07, 6.45) is 0. The van der Waals surface area contributed by atoms with E-state index in [1.54, 1.807) is 36.4 Å². The molecule has 0 aliphatic carbocycles. The summed E-state index contributed by atoms with van der Waals surface area (Å²) in [5.41, 5.74) is 6.02. The van der Waals surface area contributed by atoms with Crippen molar-refractivity contribution >= 4 is 43.9 Å². The van der Waals surface area contributed by atoms with E-state index in [0.717, 1.165) is 4.47 Å². The predicted octanol–water partition coefficient (Wildman–Crippen LogP) is 3.29. The van der Waals surface area contributed by atoms with Crippen LogP contribution in [0.3, 0.4) is 0 Å². The Kier molecular flexibility index (Phi) is 4.78. The van der Waals surface area contributed by atoms with Crippen LogP contribution in [0.4, 0.5) is 5.69 Å². The molecule has 0 saturated heterocycles. The van der Waals surface area contributed by atoms with Gasteiger partial charge in [-0.3, -0.25) is 0 Å². The third kappa shape index (κ3) is 3.04. The van der Waals surface area contributed by atoms with Gasteiger partial charge in [0.05, 0.1) is 9.79 Å². The summed E-state index contributed by atoms with van der Waals surface area (Å²) in [6.45, 7) is 0. The van der Waals surface area contributed by atoms with Crippen molar-refractivity contribution in [3.63, 3.8) is 0 Å². The first kappa shape index (κ1) is 15.0. The Hall–Kier alpha value is -1.04. The van der Waals surface area contributed by atoms with Gasteiger partial charge in [0.25, 0.3) is 0 Å². The maximum Gasteiger partial charge on any atom is 0.206 e. The smallest absolute Gasteiger partial charge is 0.206 e. The topological polar surface area (TPSA) is 60.2 Å². The van der Waals surface area contributed by atoms with Crippen molar-refractivity contribution in [2.75, 3.05) is 5.73 Å². The fourth-order valence-corrected chi connectivity index (χ4v) is 3.01. The molecule has 2 rings (SSSR count). The number of anilines is 1. The number of halogens is 2. The van der Waals surface area contributed by atoms with E-state index in [4.69, 9.17) is 5.73 Å². The molecule has 2 aromatic carbocycles. The maximum absolute atomic E-state index is 12.2. The van der Waals surface area contributed by atoms with Crippen LogP contribution in [-0.4, -0.2) is 8.42 Å². The van der Waals surface area contributed by atoms with Crippen molar-refractivity contribution in [3.8, 4) is 0 Å². The first-order valence-corrected chi connectivity index (χ1v) is 7.14. The van der Waals surface area contributed by atoms with E-state index in [9.17, 15) is 8.42 Å². The molecular formula is C12H11BrClNO2S. The van der Waals surface area contributed by atoms with E-state index in [1.807, 2.05) is 0 Å². The number of rotatable bonds is 2. The third-order valence-electron chi connectivity index (χ3n) is 2.29. The highest BCUT2D eigenvalue weighted by atomic mass is 79.9. The molecule has 0 heterocycles. The van der Waals surface area contributed by atoms with Crippen molar-refractivity contribution in [1.82, 2.24) is 0 Å². The molecule has 0 radical (unpaired) electrons. The highest BCUT2D eigenvalue weighted by molar-refractivity contribution is 9.10. The maximum atomic E-state index is 12.2. The Morgan fingerprint density at radius 3 is 2.11 bits per heavy atom. The van der Waals surface area contributed by atoms with Crippen LogP contribution in [0.2, 0.25) is 0 Å². The van der Waals surface area contributed by atoms with E-state index in [1.165, 1.54) is 12.1 Å². The lowest BCUT2D eigenvalue weighted by Crippen LogP contribution is -2.02. The number of nitrogens with two attached hydrogens (primary N) is 1. The fraction of sp³-hybridized carbons (Fsp3) is 0. The Morgan fingerprint density at radius 1 is 0.944 bits per heavy atom. The SMILES string of the molecule is Cl.Nc1cccc(S(=O)(=O)c2ccc(Br)cc2)c1. The zero-order chi connectivity index (χ0) is 12.5. The molecule has 0 spiro atoms. The Labute approximate surface area is 120 Å². The second kappa shape index (κ2) is 5.73. The normalized spacial score (nSPS) is 10.7. The van der Waals surface area contributed by atoms with Crippen LogP contribution in [0.1, 0.15) is 0 Å². The van der Waals surface area contributed by atoms with Gasteiger partial charge in [0.2, 0.25) is 9.84 Å². The summed E-state index contributed by atoms with van der Waals surface area (Å²) in [7, 11) is -3.48. The molecule has 0 bridgehead atoms. The molecule has 0 aromatic heterocycles. The van der Waals surface area contributed by atoms with Crippen molar-refractivity contribution < 1.29 is 8.42 Å². The molecule has 2 N–H and O–H groups in total. The zero-order valence-corrected chi connectivity index (χ0v) is 12.4. The zero-order valence-electron chi connectivity index (χ0n) is 9.21. The molecule has 0 atom stereocenters. The third-order valence-corrected chi connectivity index (χ3v) is 4.59. The summed E-state index contributed by atoms with van der Waals surface area (Å²) >= 11 is 3.27. The van der Waals surface area contributed by atoms with Gasteiger partial charge in [0.1, 0.15) is 0 Å². The van der Waals surface area contributed by atoms with Crippen LogP contribution >= 0.6 is 28.3 Å². The molecule has 0 aliphatic rings. The van der Waals surface area contributed by atoms with E-state index in [0.29, 0.717) is 5.69 Å². The summed E-state index contributed by atoms with van der Waals surface area (Å²) < 4.78 is 25.3. The van der Waals surface area contributed by atoms with Crippen LogP contribution in [-0.2, 0) is 9.84 Å². The van der Waals surface area contributed by atoms with Crippen molar-refractivity contribution in [2.45, 2.75) is 9.79 Å². The van der Waals surface area contributed by atoms with Gasteiger partial charge in [-0.1, -0.05) is 22.0 Å². The largest absolute Gasteiger partial charge is 0.399 e. The number of nitrogen functional groups attached to an aromatic ring is 1. The fourth-order valence-electron chi connectivity index (χ4n) is 1.43. The molecule has 0 unspecified atom stereocenters. The molecule has 0 aliphatic heterocycles. The number of sulfone groups is 1. The van der Waals surface area contributed by atoms with Crippen LogP contribution in [0.25, 0.3) is 0 Å². The van der Waals surface area contributed by atoms with E-state index in [2.05, 4.69) is 15.9 Å². The summed E-state index contributed by atoms with van der Waals surface area (Å²) in [4.78, 5) is 0.464. The highest BCUT2D eigenvalue weighted by Gasteiger charge is 2.17. The molecule has 96 valence electrons. The van der Waals surface area contributed by atoms with Crippen molar-refractivity contribution in [2.24, 2.45) is 0 Å². The molecule has 6 heteroatoms. The summed E-state index contributed by atoms with van der Waals surface area (Å²) in [6, 6.07) is 12.8. The van der Waals surface area contributed by atoms with Crippen LogP contribution in [0.15, 0.2) is 62.8 Å². The standard InChI is InChI=1S/C12H10BrNO2S.ClH/c13-9-4-6-11(7-5-9)17(15,16)12-3-1-2-10(14)8-12;/h1-8H,14H2;1H. The number of hydrogen-bond donors (Lipinski definition) is 1. The van der Waals surface area contributed by atoms with E-state index >= 15 is 0 Å². The quantitative estimate of drug-likeness (QED) is 0.847. The molecule has 18 heavy (non-hydrogen) atoms. The van der Waals surface area contributed by atoms with Crippen molar-refractivity contribution in [1.29, 1.82) is 0 Å². The first-order chi connectivity index (χ1) is 8.00. The van der Waals surface area contributed by atoms with E-state index in [-0.39, 0.29) is 22.2 Å². The molecule has 3 nitrogen and oxygen atoms in total. The lowest BCUT2D eigenvalue weighted by atomic mass is 10.3. The Morgan fingerprint density at radius 2 is 1.56 bits per heavy atom. The van der Waals surface area contributed by atoms with Gasteiger partial charge in [-0.05, 0) is 42.5 Å². The molecule has 0 saturated carbocycles. The van der Waals surface area contributed by atoms with Crippen LogP contribution in [0, 0.1) is 0 Å². The van der Waals surface area contributed by atoms with Gasteiger partial charge in [-0.15, -0.1) is 12.4 Å². The van der Waals surface area contributed by atoms with E-state index < -0.39 is 9.84 Å². The van der Waals surface area contributed by atoms with Gasteiger partial charge < -0.3 is 5.73 Å². The minimum absolute atomic E-state index is 0. The second-order valence-electron chi connectivity index (χ2n) is 3.53.